The molecule has 0 aromatic carbocycles. The molecule has 0 spiro atoms. The zero-order valence-electron chi connectivity index (χ0n) is 9.84. The first-order chi connectivity index (χ1) is 8.65. The molecule has 96 valence electrons. The molecule has 0 atom stereocenters. The van der Waals surface area contributed by atoms with E-state index in [-0.39, 0.29) is 36.8 Å². The maximum absolute atomic E-state index is 11.7. The van der Waals surface area contributed by atoms with Crippen molar-refractivity contribution in [2.45, 2.75) is 13.5 Å². The highest BCUT2D eigenvalue weighted by molar-refractivity contribution is 5.90. The Morgan fingerprint density at radius 3 is 3.06 bits per heavy atom. The zero-order chi connectivity index (χ0) is 13.1. The summed E-state index contributed by atoms with van der Waals surface area (Å²) in [5, 5.41) is 13.3. The lowest BCUT2D eigenvalue weighted by molar-refractivity contribution is 0.0792. The number of aromatic amines is 1. The number of nitrogens with zero attached hydrogens (tertiary/aromatic N) is 2. The Kier molecular flexibility index (Phi) is 3.54. The summed E-state index contributed by atoms with van der Waals surface area (Å²) in [7, 11) is 0. The first kappa shape index (κ1) is 12.5. The van der Waals surface area contributed by atoms with Gasteiger partial charge in [0.15, 0.2) is 0 Å². The lowest BCUT2D eigenvalue weighted by Crippen LogP contribution is -2.15. The molecular weight excluding hydrogens is 238 g/mol. The van der Waals surface area contributed by atoms with Crippen molar-refractivity contribution < 1.29 is 14.6 Å². The molecule has 0 aliphatic rings. The highest BCUT2D eigenvalue weighted by Gasteiger charge is 2.15. The summed E-state index contributed by atoms with van der Waals surface area (Å²) in [4.78, 5) is 25.6. The average molecular weight is 251 g/mol. The fraction of sp³-hybridized carbons (Fsp3) is 0.364. The van der Waals surface area contributed by atoms with E-state index in [0.717, 1.165) is 4.68 Å². The van der Waals surface area contributed by atoms with Crippen LogP contribution >= 0.6 is 0 Å². The summed E-state index contributed by atoms with van der Waals surface area (Å²) >= 11 is 0. The van der Waals surface area contributed by atoms with Crippen molar-refractivity contribution in [3.63, 3.8) is 0 Å². The van der Waals surface area contributed by atoms with Crippen molar-refractivity contribution in [2.75, 3.05) is 13.2 Å². The van der Waals surface area contributed by atoms with Gasteiger partial charge in [0.1, 0.15) is 5.52 Å². The van der Waals surface area contributed by atoms with E-state index in [2.05, 4.69) is 10.1 Å². The number of aliphatic hydroxyl groups is 1. The van der Waals surface area contributed by atoms with E-state index < -0.39 is 0 Å². The molecule has 18 heavy (non-hydrogen) atoms. The monoisotopic (exact) mass is 251 g/mol. The SMILES string of the molecule is CC(=O)n1nc(COCCO)c2cc[nH]c(=O)c21. The highest BCUT2D eigenvalue weighted by Crippen LogP contribution is 2.15. The number of hydrogen-bond acceptors (Lipinski definition) is 5. The largest absolute Gasteiger partial charge is 0.394 e. The van der Waals surface area contributed by atoms with E-state index in [4.69, 9.17) is 9.84 Å². The fourth-order valence-electron chi connectivity index (χ4n) is 1.71. The summed E-state index contributed by atoms with van der Waals surface area (Å²) < 4.78 is 6.22. The third-order valence-corrected chi connectivity index (χ3v) is 2.45. The number of fused-ring (bicyclic) bond motifs is 1. The highest BCUT2D eigenvalue weighted by atomic mass is 16.5. The van der Waals surface area contributed by atoms with Gasteiger partial charge in [-0.2, -0.15) is 9.78 Å². The van der Waals surface area contributed by atoms with E-state index in [0.29, 0.717) is 11.1 Å². The van der Waals surface area contributed by atoms with Crippen molar-refractivity contribution in [3.05, 3.63) is 28.3 Å². The topological polar surface area (TPSA) is 97.2 Å². The maximum Gasteiger partial charge on any atom is 0.274 e. The lowest BCUT2D eigenvalue weighted by atomic mass is 10.2. The predicted molar refractivity (Wildman–Crippen MR) is 63.4 cm³/mol. The normalized spacial score (nSPS) is 11.0. The number of rotatable bonds is 4. The molecule has 0 amide bonds. The molecule has 7 nitrogen and oxygen atoms in total. The van der Waals surface area contributed by atoms with Gasteiger partial charge >= 0.3 is 0 Å². The quantitative estimate of drug-likeness (QED) is 0.739. The molecule has 2 N–H and O–H groups in total. The Morgan fingerprint density at radius 1 is 1.61 bits per heavy atom. The number of carbonyl (C=O) groups is 1. The summed E-state index contributed by atoms with van der Waals surface area (Å²) in [6.07, 6.45) is 1.49. The van der Waals surface area contributed by atoms with Gasteiger partial charge < -0.3 is 14.8 Å². The van der Waals surface area contributed by atoms with E-state index >= 15 is 0 Å². The molecule has 0 fully saturated rings. The Labute approximate surface area is 102 Å². The van der Waals surface area contributed by atoms with Crippen molar-refractivity contribution >= 4 is 16.8 Å². The molecule has 2 rings (SSSR count). The number of pyridine rings is 1. The van der Waals surface area contributed by atoms with Gasteiger partial charge in [0.2, 0.25) is 5.91 Å². The van der Waals surface area contributed by atoms with Crippen LogP contribution in [0.15, 0.2) is 17.1 Å². The lowest BCUT2D eigenvalue weighted by Gasteiger charge is -1.98. The first-order valence-electron chi connectivity index (χ1n) is 5.44. The smallest absolute Gasteiger partial charge is 0.274 e. The standard InChI is InChI=1S/C11H13N3O4/c1-7(16)14-10-8(2-3-12-11(10)17)9(13-14)6-18-5-4-15/h2-3,15H,4-6H2,1H3,(H,12,17). The molecule has 2 aromatic rings. The van der Waals surface area contributed by atoms with Crippen LogP contribution in [0.1, 0.15) is 17.4 Å². The minimum Gasteiger partial charge on any atom is -0.394 e. The van der Waals surface area contributed by atoms with Crippen LogP contribution in [0.3, 0.4) is 0 Å². The molecule has 7 heteroatoms. The van der Waals surface area contributed by atoms with Gasteiger partial charge in [-0.25, -0.2) is 0 Å². The number of carbonyl (C=O) groups excluding carboxylic acids is 1. The van der Waals surface area contributed by atoms with E-state index in [9.17, 15) is 9.59 Å². The second-order valence-corrected chi connectivity index (χ2v) is 3.72. The summed E-state index contributed by atoms with van der Waals surface area (Å²) in [5.41, 5.74) is 0.343. The van der Waals surface area contributed by atoms with Crippen LogP contribution in [0, 0.1) is 0 Å². The number of H-pyrrole nitrogens is 1. The molecule has 0 aliphatic heterocycles. The van der Waals surface area contributed by atoms with Crippen molar-refractivity contribution in [3.8, 4) is 0 Å². The summed E-state index contributed by atoms with van der Waals surface area (Å²) in [5.74, 6) is -0.342. The van der Waals surface area contributed by atoms with E-state index in [1.165, 1.54) is 13.1 Å². The van der Waals surface area contributed by atoms with Gasteiger partial charge in [0.25, 0.3) is 5.56 Å². The molecule has 0 aliphatic carbocycles. The van der Waals surface area contributed by atoms with Crippen LogP contribution in [0.4, 0.5) is 0 Å². The minimum atomic E-state index is -0.372. The number of aromatic nitrogens is 3. The predicted octanol–water partition coefficient (Wildman–Crippen LogP) is -0.106. The van der Waals surface area contributed by atoms with Crippen molar-refractivity contribution in [1.82, 2.24) is 14.8 Å². The van der Waals surface area contributed by atoms with Crippen LogP contribution in [0.2, 0.25) is 0 Å². The molecule has 0 unspecified atom stereocenters. The molecule has 0 saturated heterocycles. The third-order valence-electron chi connectivity index (χ3n) is 2.45. The second-order valence-electron chi connectivity index (χ2n) is 3.72. The molecule has 0 bridgehead atoms. The van der Waals surface area contributed by atoms with E-state index in [1.54, 1.807) is 6.07 Å². The molecular formula is C11H13N3O4. The van der Waals surface area contributed by atoms with Gasteiger partial charge in [-0.1, -0.05) is 0 Å². The van der Waals surface area contributed by atoms with Crippen LogP contribution in [0.25, 0.3) is 10.9 Å². The molecule has 2 heterocycles. The van der Waals surface area contributed by atoms with E-state index in [1.807, 2.05) is 0 Å². The van der Waals surface area contributed by atoms with Crippen molar-refractivity contribution in [1.29, 1.82) is 0 Å². The molecule has 2 aromatic heterocycles. The van der Waals surface area contributed by atoms with Gasteiger partial charge in [0, 0.05) is 18.5 Å². The maximum atomic E-state index is 11.7. The van der Waals surface area contributed by atoms with Crippen LogP contribution in [-0.4, -0.2) is 39.0 Å². The number of hydrogen-bond donors (Lipinski definition) is 2. The Hall–Kier alpha value is -1.99. The number of nitrogens with one attached hydrogen (secondary N) is 1. The van der Waals surface area contributed by atoms with Crippen LogP contribution < -0.4 is 5.56 Å². The summed E-state index contributed by atoms with van der Waals surface area (Å²) in [6.45, 7) is 1.56. The van der Waals surface area contributed by atoms with Crippen LogP contribution in [0.5, 0.6) is 0 Å². The minimum absolute atomic E-state index is 0.0913. The van der Waals surface area contributed by atoms with Gasteiger partial charge in [-0.05, 0) is 6.07 Å². The second kappa shape index (κ2) is 5.11. The molecule has 0 radical (unpaired) electrons. The van der Waals surface area contributed by atoms with Crippen molar-refractivity contribution in [2.24, 2.45) is 0 Å². The molecule has 0 saturated carbocycles. The Morgan fingerprint density at radius 2 is 2.39 bits per heavy atom. The zero-order valence-corrected chi connectivity index (χ0v) is 9.84. The third kappa shape index (κ3) is 2.18. The average Bonchev–Trinajstić information content (AvgIpc) is 2.70. The number of ether oxygens (including phenoxy) is 1. The van der Waals surface area contributed by atoms with Crippen LogP contribution in [-0.2, 0) is 11.3 Å². The number of aliphatic hydroxyl groups excluding tert-OH is 1. The van der Waals surface area contributed by atoms with Gasteiger partial charge in [0.05, 0.1) is 25.5 Å². The Balaban J connectivity index is 2.51. The van der Waals surface area contributed by atoms with Gasteiger partial charge in [-0.15, -0.1) is 0 Å². The summed E-state index contributed by atoms with van der Waals surface area (Å²) in [6, 6.07) is 1.67. The fourth-order valence-corrected chi connectivity index (χ4v) is 1.71. The Bertz CT molecular complexity index is 629. The first-order valence-corrected chi connectivity index (χ1v) is 5.44. The van der Waals surface area contributed by atoms with Gasteiger partial charge in [-0.3, -0.25) is 9.59 Å².